The highest BCUT2D eigenvalue weighted by Crippen LogP contribution is 2.22. The number of aryl methyl sites for hydroxylation is 1. The third kappa shape index (κ3) is 4.33. The minimum atomic E-state index is -4.13. The number of sulfonamides is 1. The topological polar surface area (TPSA) is 117 Å². The molecule has 10 heteroatoms. The number of anilines is 1. The third-order valence-electron chi connectivity index (χ3n) is 4.23. The van der Waals surface area contributed by atoms with Crippen molar-refractivity contribution in [3.05, 3.63) is 71.5 Å². The van der Waals surface area contributed by atoms with Crippen LogP contribution in [0.2, 0.25) is 0 Å². The molecule has 0 aliphatic rings. The van der Waals surface area contributed by atoms with E-state index < -0.39 is 22.0 Å². The van der Waals surface area contributed by atoms with E-state index in [2.05, 4.69) is 19.3 Å². The number of aromatic nitrogens is 2. The van der Waals surface area contributed by atoms with E-state index in [4.69, 9.17) is 0 Å². The maximum absolute atomic E-state index is 13.0. The highest BCUT2D eigenvalue weighted by molar-refractivity contribution is 7.92. The van der Waals surface area contributed by atoms with E-state index >= 15 is 0 Å². The van der Waals surface area contributed by atoms with Crippen molar-refractivity contribution in [1.29, 1.82) is 0 Å². The Morgan fingerprint density at radius 2 is 1.60 bits per heavy atom. The average molecular weight is 429 g/mol. The van der Waals surface area contributed by atoms with Gasteiger partial charge in [0.2, 0.25) is 0 Å². The van der Waals surface area contributed by atoms with E-state index in [-0.39, 0.29) is 21.7 Å². The summed E-state index contributed by atoms with van der Waals surface area (Å²) in [5.41, 5.74) is 1.63. The fraction of sp³-hybridized carbons (Fsp3) is 0.150. The number of carbonyl (C=O) groups is 2. The van der Waals surface area contributed by atoms with Gasteiger partial charge in [-0.05, 0) is 49.4 Å². The van der Waals surface area contributed by atoms with Crippen LogP contribution in [0.1, 0.15) is 26.4 Å². The molecule has 0 radical (unpaired) electrons. The fourth-order valence-corrected chi connectivity index (χ4v) is 3.90. The van der Waals surface area contributed by atoms with E-state index in [1.807, 2.05) is 13.0 Å². The van der Waals surface area contributed by atoms with Gasteiger partial charge in [-0.1, -0.05) is 6.07 Å². The number of rotatable bonds is 6. The Hall–Kier alpha value is -3.66. The number of hydrogen-bond donors (Lipinski definition) is 1. The molecule has 0 unspecified atom stereocenters. The number of methoxy groups -OCH3 is 2. The number of ether oxygens (including phenoxy) is 2. The van der Waals surface area contributed by atoms with Crippen LogP contribution in [0.3, 0.4) is 0 Å². The van der Waals surface area contributed by atoms with Crippen molar-refractivity contribution in [3.63, 3.8) is 0 Å². The molecule has 0 aliphatic carbocycles. The Kier molecular flexibility index (Phi) is 5.88. The molecule has 0 fully saturated rings. The largest absolute Gasteiger partial charge is 0.465 e. The summed E-state index contributed by atoms with van der Waals surface area (Å²) >= 11 is 0. The molecule has 0 saturated heterocycles. The fourth-order valence-electron chi connectivity index (χ4n) is 2.78. The first kappa shape index (κ1) is 21.1. The zero-order valence-corrected chi connectivity index (χ0v) is 17.3. The van der Waals surface area contributed by atoms with E-state index in [1.165, 1.54) is 6.07 Å². The van der Waals surface area contributed by atoms with Gasteiger partial charge < -0.3 is 9.47 Å². The summed E-state index contributed by atoms with van der Waals surface area (Å²) in [7, 11) is -1.82. The Morgan fingerprint density at radius 1 is 0.967 bits per heavy atom. The Bertz CT molecular complexity index is 1180. The molecule has 3 rings (SSSR count). The van der Waals surface area contributed by atoms with Crippen LogP contribution in [0.4, 0.5) is 5.69 Å². The summed E-state index contributed by atoms with van der Waals surface area (Å²) < 4.78 is 39.3. The second kappa shape index (κ2) is 8.37. The van der Waals surface area contributed by atoms with E-state index in [1.54, 1.807) is 35.1 Å². The van der Waals surface area contributed by atoms with Gasteiger partial charge in [0.15, 0.2) is 0 Å². The third-order valence-corrected chi connectivity index (χ3v) is 5.59. The van der Waals surface area contributed by atoms with E-state index in [0.717, 1.165) is 32.0 Å². The zero-order valence-electron chi connectivity index (χ0n) is 16.4. The van der Waals surface area contributed by atoms with Crippen LogP contribution in [0.25, 0.3) is 5.69 Å². The van der Waals surface area contributed by atoms with Crippen molar-refractivity contribution in [2.45, 2.75) is 11.8 Å². The first-order valence-electron chi connectivity index (χ1n) is 8.71. The molecule has 2 aromatic carbocycles. The van der Waals surface area contributed by atoms with Gasteiger partial charge >= 0.3 is 11.9 Å². The Labute approximate surface area is 173 Å². The van der Waals surface area contributed by atoms with Gasteiger partial charge in [0.1, 0.15) is 0 Å². The maximum Gasteiger partial charge on any atom is 0.337 e. The predicted molar refractivity (Wildman–Crippen MR) is 108 cm³/mol. The number of hydrogen-bond acceptors (Lipinski definition) is 7. The lowest BCUT2D eigenvalue weighted by Crippen LogP contribution is -2.16. The van der Waals surface area contributed by atoms with E-state index in [9.17, 15) is 18.0 Å². The maximum atomic E-state index is 13.0. The molecule has 0 amide bonds. The standard InChI is InChI=1S/C20H19N3O6S/c1-13-7-8-21-23(13)17-6-4-5-16(12-17)22-30(26,27)18-10-14(19(24)28-2)9-15(11-18)20(25)29-3/h4-12,22H,1-3H3. The summed E-state index contributed by atoms with van der Waals surface area (Å²) in [6.07, 6.45) is 1.64. The first-order valence-corrected chi connectivity index (χ1v) is 10.2. The Balaban J connectivity index is 2.00. The monoisotopic (exact) mass is 429 g/mol. The van der Waals surface area contributed by atoms with Gasteiger partial charge in [0.25, 0.3) is 10.0 Å². The Morgan fingerprint density at radius 3 is 2.13 bits per heavy atom. The molecule has 1 heterocycles. The second-order valence-corrected chi connectivity index (χ2v) is 7.95. The second-order valence-electron chi connectivity index (χ2n) is 6.27. The zero-order chi connectivity index (χ0) is 21.9. The van der Waals surface area contributed by atoms with Crippen LogP contribution in [-0.4, -0.2) is 44.4 Å². The van der Waals surface area contributed by atoms with Crippen molar-refractivity contribution in [3.8, 4) is 5.69 Å². The molecule has 1 aromatic heterocycles. The molecule has 0 saturated carbocycles. The molecular formula is C20H19N3O6S. The molecule has 156 valence electrons. The van der Waals surface area contributed by atoms with Crippen molar-refractivity contribution < 1.29 is 27.5 Å². The highest BCUT2D eigenvalue weighted by atomic mass is 32.2. The number of esters is 2. The minimum Gasteiger partial charge on any atom is -0.465 e. The number of nitrogens with one attached hydrogen (secondary N) is 1. The van der Waals surface area contributed by atoms with Gasteiger partial charge in [-0.15, -0.1) is 0 Å². The molecule has 3 aromatic rings. The lowest BCUT2D eigenvalue weighted by Gasteiger charge is -2.12. The van der Waals surface area contributed by atoms with Crippen molar-refractivity contribution >= 4 is 27.6 Å². The van der Waals surface area contributed by atoms with Crippen LogP contribution < -0.4 is 4.72 Å². The van der Waals surface area contributed by atoms with Crippen LogP contribution in [0.5, 0.6) is 0 Å². The SMILES string of the molecule is COC(=O)c1cc(C(=O)OC)cc(S(=O)(=O)Nc2cccc(-n3nccc3C)c2)c1. The van der Waals surface area contributed by atoms with E-state index in [0.29, 0.717) is 5.69 Å². The van der Waals surface area contributed by atoms with Crippen LogP contribution >= 0.6 is 0 Å². The smallest absolute Gasteiger partial charge is 0.337 e. The number of benzene rings is 2. The van der Waals surface area contributed by atoms with Crippen molar-refractivity contribution in [2.75, 3.05) is 18.9 Å². The number of carbonyl (C=O) groups excluding carboxylic acids is 2. The summed E-state index contributed by atoms with van der Waals surface area (Å²) in [6, 6.07) is 11.9. The normalized spacial score (nSPS) is 11.0. The quantitative estimate of drug-likeness (QED) is 0.599. The molecule has 30 heavy (non-hydrogen) atoms. The molecule has 9 nitrogen and oxygen atoms in total. The minimum absolute atomic E-state index is 0.0957. The summed E-state index contributed by atoms with van der Waals surface area (Å²) in [5.74, 6) is -1.57. The molecule has 0 bridgehead atoms. The highest BCUT2D eigenvalue weighted by Gasteiger charge is 2.21. The van der Waals surface area contributed by atoms with Gasteiger partial charge in [-0.2, -0.15) is 5.10 Å². The molecule has 0 atom stereocenters. The molecule has 0 spiro atoms. The van der Waals surface area contributed by atoms with Crippen LogP contribution in [0.15, 0.2) is 59.6 Å². The van der Waals surface area contributed by atoms with Crippen molar-refractivity contribution in [1.82, 2.24) is 9.78 Å². The van der Waals surface area contributed by atoms with Crippen LogP contribution in [-0.2, 0) is 19.5 Å². The van der Waals surface area contributed by atoms with Gasteiger partial charge in [0.05, 0.1) is 41.6 Å². The first-order chi connectivity index (χ1) is 14.2. The van der Waals surface area contributed by atoms with Gasteiger partial charge in [0, 0.05) is 11.9 Å². The molecule has 1 N–H and O–H groups in total. The van der Waals surface area contributed by atoms with Gasteiger partial charge in [-0.25, -0.2) is 22.7 Å². The summed E-state index contributed by atoms with van der Waals surface area (Å²) in [4.78, 5) is 23.6. The molecular weight excluding hydrogens is 410 g/mol. The van der Waals surface area contributed by atoms with Gasteiger partial charge in [-0.3, -0.25) is 4.72 Å². The summed E-state index contributed by atoms with van der Waals surface area (Å²) in [5, 5.41) is 4.20. The molecule has 0 aliphatic heterocycles. The van der Waals surface area contributed by atoms with Crippen LogP contribution in [0, 0.1) is 6.92 Å². The average Bonchev–Trinajstić information content (AvgIpc) is 3.18. The summed E-state index contributed by atoms with van der Waals surface area (Å²) in [6.45, 7) is 1.87. The predicted octanol–water partition coefficient (Wildman–Crippen LogP) is 2.55. The number of nitrogens with zero attached hydrogens (tertiary/aromatic N) is 2. The van der Waals surface area contributed by atoms with Crippen molar-refractivity contribution in [2.24, 2.45) is 0 Å². The lowest BCUT2D eigenvalue weighted by atomic mass is 10.1. The lowest BCUT2D eigenvalue weighted by molar-refractivity contribution is 0.0598.